The van der Waals surface area contributed by atoms with Gasteiger partial charge in [0.2, 0.25) is 15.7 Å². The molecule has 3 rings (SSSR count). The van der Waals surface area contributed by atoms with E-state index < -0.39 is 54.2 Å². The predicted octanol–water partition coefficient (Wildman–Crippen LogP) is 0.423. The number of carbonyl (C=O) groups is 2. The second-order valence-corrected chi connectivity index (χ2v) is 13.1. The van der Waals surface area contributed by atoms with Crippen LogP contribution in [-0.2, 0) is 24.0 Å². The number of hydrogen-bond donors (Lipinski definition) is 4. The Morgan fingerprint density at radius 2 is 1.94 bits per heavy atom. The van der Waals surface area contributed by atoms with Crippen LogP contribution in [0.1, 0.15) is 0 Å². The molecule has 0 aliphatic carbocycles. The van der Waals surface area contributed by atoms with Crippen LogP contribution < -0.4 is 21.1 Å². The predicted molar refractivity (Wildman–Crippen MR) is 126 cm³/mol. The van der Waals surface area contributed by atoms with Crippen LogP contribution in [0.4, 0.5) is 4.79 Å². The number of hydrogen-bond acceptors (Lipinski definition) is 10. The lowest BCUT2D eigenvalue weighted by molar-refractivity contribution is -0.119. The van der Waals surface area contributed by atoms with Gasteiger partial charge in [-0.25, -0.2) is 23.7 Å². The van der Waals surface area contributed by atoms with Crippen molar-refractivity contribution in [3.05, 3.63) is 12.2 Å². The summed E-state index contributed by atoms with van der Waals surface area (Å²) in [7, 11) is -4.47. The van der Waals surface area contributed by atoms with Crippen molar-refractivity contribution in [1.82, 2.24) is 20.3 Å². The SMILES string of the molecule is NC(=O)OC[C@@H]1N=C(NC(=O)C(Cl)(Cl)Cl)N2CC=C[C@@]23NC(NS(=O)(=O)OCC(Cl)(Cl)Cl)=N[C@@H]13. The Labute approximate surface area is 223 Å². The zero-order valence-corrected chi connectivity index (χ0v) is 21.8. The van der Waals surface area contributed by atoms with E-state index in [9.17, 15) is 18.0 Å². The van der Waals surface area contributed by atoms with Crippen LogP contribution >= 0.6 is 69.6 Å². The highest BCUT2D eigenvalue weighted by Gasteiger charge is 2.57. The number of rotatable bonds is 5. The van der Waals surface area contributed by atoms with Crippen molar-refractivity contribution in [2.24, 2.45) is 15.7 Å². The third-order valence-corrected chi connectivity index (χ3v) is 6.24. The average molecular weight is 622 g/mol. The summed E-state index contributed by atoms with van der Waals surface area (Å²) in [4.78, 5) is 33.6. The summed E-state index contributed by atoms with van der Waals surface area (Å²) < 4.78 is 31.8. The molecular formula is C14H15Cl6N7O6S. The van der Waals surface area contributed by atoms with Gasteiger partial charge in [0.25, 0.3) is 9.70 Å². The molecule has 1 spiro atoms. The lowest BCUT2D eigenvalue weighted by Crippen LogP contribution is -2.70. The molecule has 2 amide bonds. The Morgan fingerprint density at radius 1 is 1.26 bits per heavy atom. The molecule has 20 heteroatoms. The molecule has 0 aromatic heterocycles. The van der Waals surface area contributed by atoms with Crippen molar-refractivity contribution in [3.8, 4) is 0 Å². The maximum Gasteiger partial charge on any atom is 0.404 e. The molecule has 3 aliphatic heterocycles. The van der Waals surface area contributed by atoms with Crippen LogP contribution in [-0.4, -0.2) is 82.3 Å². The molecule has 0 saturated carbocycles. The zero-order chi connectivity index (χ0) is 25.5. The van der Waals surface area contributed by atoms with E-state index in [1.807, 2.05) is 0 Å². The number of nitrogens with one attached hydrogen (secondary N) is 3. The number of halogens is 6. The molecule has 3 aliphatic rings. The number of aliphatic imine (C=N–C) groups is 2. The molecule has 0 unspecified atom stereocenters. The van der Waals surface area contributed by atoms with Gasteiger partial charge in [-0.2, -0.15) is 8.42 Å². The zero-order valence-electron chi connectivity index (χ0n) is 16.5. The fourth-order valence-electron chi connectivity index (χ4n) is 3.33. The first-order chi connectivity index (χ1) is 15.5. The van der Waals surface area contributed by atoms with Gasteiger partial charge >= 0.3 is 16.4 Å². The molecule has 0 aromatic rings. The van der Waals surface area contributed by atoms with Gasteiger partial charge in [0, 0.05) is 6.54 Å². The van der Waals surface area contributed by atoms with Crippen LogP contribution in [0.3, 0.4) is 0 Å². The molecule has 5 N–H and O–H groups in total. The number of amides is 2. The largest absolute Gasteiger partial charge is 0.447 e. The summed E-state index contributed by atoms with van der Waals surface area (Å²) in [5.74, 6) is -1.33. The number of nitrogens with two attached hydrogens (primary N) is 1. The molecule has 13 nitrogen and oxygen atoms in total. The fourth-order valence-corrected chi connectivity index (χ4v) is 4.56. The Hall–Kier alpha value is -1.13. The first kappa shape index (κ1) is 27.5. The Kier molecular flexibility index (Phi) is 7.86. The van der Waals surface area contributed by atoms with Crippen molar-refractivity contribution in [2.45, 2.75) is 25.3 Å². The first-order valence-electron chi connectivity index (χ1n) is 8.96. The summed E-state index contributed by atoms with van der Waals surface area (Å²) in [6.45, 7) is -0.941. The maximum absolute atomic E-state index is 12.3. The minimum Gasteiger partial charge on any atom is -0.447 e. The summed E-state index contributed by atoms with van der Waals surface area (Å²) >= 11 is 33.5. The highest BCUT2D eigenvalue weighted by atomic mass is 35.6. The van der Waals surface area contributed by atoms with Crippen molar-refractivity contribution in [3.63, 3.8) is 0 Å². The standard InChI is InChI=1S/C14H15Cl6N7O6S/c15-13(16,17)5-33-34(30,31)26-10-23-7-6(4-32-9(21)29)22-11(24-8(28)14(18,19)20)27-3-1-2-12(7,27)25-10/h1-2,6-7H,3-5H2,(H2,21,29)(H,22,24,28)(H2,23,25,26)/t6-,7-,12+/m0/s1. The third-order valence-electron chi connectivity index (χ3n) is 4.53. The molecular weight excluding hydrogens is 607 g/mol. The summed E-state index contributed by atoms with van der Waals surface area (Å²) in [5.41, 5.74) is 3.80. The Balaban J connectivity index is 1.89. The third kappa shape index (κ3) is 6.35. The first-order valence-corrected chi connectivity index (χ1v) is 12.6. The van der Waals surface area contributed by atoms with Crippen LogP contribution in [0, 0.1) is 0 Å². The number of ether oxygens (including phenoxy) is 1. The van der Waals surface area contributed by atoms with E-state index in [1.165, 1.54) is 4.90 Å². The smallest absolute Gasteiger partial charge is 0.404 e. The normalized spacial score (nSPS) is 26.1. The molecule has 0 aromatic carbocycles. The van der Waals surface area contributed by atoms with E-state index in [2.05, 4.69) is 29.5 Å². The molecule has 0 radical (unpaired) electrons. The topological polar surface area (TPSA) is 177 Å². The summed E-state index contributed by atoms with van der Waals surface area (Å²) in [6, 6.07) is -1.82. The monoisotopic (exact) mass is 619 g/mol. The van der Waals surface area contributed by atoms with E-state index in [1.54, 1.807) is 12.2 Å². The summed E-state index contributed by atoms with van der Waals surface area (Å²) in [6.07, 6.45) is 2.26. The highest BCUT2D eigenvalue weighted by Crippen LogP contribution is 2.37. The van der Waals surface area contributed by atoms with Gasteiger partial charge < -0.3 is 20.7 Å². The minimum atomic E-state index is -4.47. The highest BCUT2D eigenvalue weighted by molar-refractivity contribution is 7.85. The van der Waals surface area contributed by atoms with Crippen molar-refractivity contribution >= 4 is 104 Å². The number of carbonyl (C=O) groups excluding carboxylic acids is 2. The van der Waals surface area contributed by atoms with Gasteiger partial charge in [-0.15, -0.1) is 0 Å². The van der Waals surface area contributed by atoms with Crippen LogP contribution in [0.2, 0.25) is 0 Å². The second kappa shape index (κ2) is 9.73. The van der Waals surface area contributed by atoms with Crippen molar-refractivity contribution < 1.29 is 26.9 Å². The molecule has 0 saturated heterocycles. The molecule has 0 fully saturated rings. The number of primary amides is 1. The van der Waals surface area contributed by atoms with Gasteiger partial charge in [0.15, 0.2) is 5.66 Å². The fraction of sp³-hybridized carbons (Fsp3) is 0.571. The van der Waals surface area contributed by atoms with Crippen LogP contribution in [0.25, 0.3) is 0 Å². The van der Waals surface area contributed by atoms with Gasteiger partial charge in [-0.3, -0.25) is 10.1 Å². The minimum absolute atomic E-state index is 0.0603. The lowest BCUT2D eigenvalue weighted by atomic mass is 9.93. The number of alkyl halides is 6. The number of guanidine groups is 2. The van der Waals surface area contributed by atoms with Gasteiger partial charge in [-0.05, 0) is 6.08 Å². The van der Waals surface area contributed by atoms with E-state index in [-0.39, 0.29) is 25.1 Å². The van der Waals surface area contributed by atoms with Crippen molar-refractivity contribution in [1.29, 1.82) is 0 Å². The quantitative estimate of drug-likeness (QED) is 0.252. The summed E-state index contributed by atoms with van der Waals surface area (Å²) in [5, 5.41) is 5.28. The maximum atomic E-state index is 12.3. The van der Waals surface area contributed by atoms with Crippen LogP contribution in [0.15, 0.2) is 22.1 Å². The van der Waals surface area contributed by atoms with Gasteiger partial charge in [0.05, 0.1) is 0 Å². The Bertz CT molecular complexity index is 1060. The molecule has 3 heterocycles. The van der Waals surface area contributed by atoms with Gasteiger partial charge in [-0.1, -0.05) is 75.7 Å². The van der Waals surface area contributed by atoms with Gasteiger partial charge in [0.1, 0.15) is 25.3 Å². The molecule has 34 heavy (non-hydrogen) atoms. The Morgan fingerprint density at radius 3 is 2.53 bits per heavy atom. The van der Waals surface area contributed by atoms with E-state index in [0.717, 1.165) is 0 Å². The molecule has 3 atom stereocenters. The number of nitrogens with zero attached hydrogens (tertiary/aromatic N) is 3. The molecule has 0 bridgehead atoms. The average Bonchev–Trinajstić information content (AvgIpc) is 3.25. The van der Waals surface area contributed by atoms with E-state index >= 15 is 0 Å². The second-order valence-electron chi connectivity index (χ2n) is 6.92. The van der Waals surface area contributed by atoms with Crippen LogP contribution in [0.5, 0.6) is 0 Å². The van der Waals surface area contributed by atoms with E-state index in [0.29, 0.717) is 0 Å². The van der Waals surface area contributed by atoms with Crippen molar-refractivity contribution in [2.75, 3.05) is 19.8 Å². The molecule has 190 valence electrons. The van der Waals surface area contributed by atoms with E-state index in [4.69, 9.17) is 80.1 Å². The lowest BCUT2D eigenvalue weighted by Gasteiger charge is -2.45.